The van der Waals surface area contributed by atoms with Gasteiger partial charge in [0.2, 0.25) is 0 Å². The lowest BCUT2D eigenvalue weighted by Crippen LogP contribution is -2.39. The highest BCUT2D eigenvalue weighted by atomic mass is 79.9. The van der Waals surface area contributed by atoms with Gasteiger partial charge in [-0.25, -0.2) is 0 Å². The number of hydrogen-bond acceptors (Lipinski definition) is 2. The van der Waals surface area contributed by atoms with E-state index in [0.29, 0.717) is 13.1 Å². The number of rotatable bonds is 3. The molecule has 2 heterocycles. The Hall–Kier alpha value is -0.750. The van der Waals surface area contributed by atoms with Crippen molar-refractivity contribution in [3.63, 3.8) is 0 Å². The quantitative estimate of drug-likeness (QED) is 0.681. The Labute approximate surface area is 150 Å². The monoisotopic (exact) mass is 404 g/mol. The van der Waals surface area contributed by atoms with Crippen LogP contribution in [0.5, 0.6) is 0 Å². The molecule has 1 aromatic rings. The SMILES string of the molecule is FC(F)(F)C1CCN(Cc2ccc(Br)cc2N2CCCCC2)CC1. The van der Waals surface area contributed by atoms with Gasteiger partial charge < -0.3 is 4.90 Å². The first-order valence-corrected chi connectivity index (χ1v) is 9.55. The normalized spacial score (nSPS) is 21.2. The lowest BCUT2D eigenvalue weighted by Gasteiger charge is -2.35. The van der Waals surface area contributed by atoms with Crippen LogP contribution in [0.15, 0.2) is 22.7 Å². The third-order valence-electron chi connectivity index (χ3n) is 5.19. The molecule has 2 saturated heterocycles. The second-order valence-corrected chi connectivity index (χ2v) is 7.83. The maximum Gasteiger partial charge on any atom is 0.391 e. The summed E-state index contributed by atoms with van der Waals surface area (Å²) in [7, 11) is 0. The third-order valence-corrected chi connectivity index (χ3v) is 5.68. The predicted octanol–water partition coefficient (Wildman–Crippen LogP) is 5.21. The minimum absolute atomic E-state index is 0.221. The lowest BCUT2D eigenvalue weighted by molar-refractivity contribution is -0.185. The molecule has 134 valence electrons. The van der Waals surface area contributed by atoms with E-state index in [9.17, 15) is 13.2 Å². The summed E-state index contributed by atoms with van der Waals surface area (Å²) in [5, 5.41) is 0. The Morgan fingerprint density at radius 2 is 1.67 bits per heavy atom. The number of alkyl halides is 3. The highest BCUT2D eigenvalue weighted by Gasteiger charge is 2.41. The van der Waals surface area contributed by atoms with Crippen LogP contribution in [0.25, 0.3) is 0 Å². The van der Waals surface area contributed by atoms with Gasteiger partial charge in [-0.05, 0) is 62.9 Å². The van der Waals surface area contributed by atoms with Gasteiger partial charge in [0.25, 0.3) is 0 Å². The van der Waals surface area contributed by atoms with Gasteiger partial charge in [0.1, 0.15) is 0 Å². The van der Waals surface area contributed by atoms with Gasteiger partial charge in [0.15, 0.2) is 0 Å². The van der Waals surface area contributed by atoms with E-state index in [-0.39, 0.29) is 12.8 Å². The molecule has 6 heteroatoms. The molecular weight excluding hydrogens is 381 g/mol. The zero-order chi connectivity index (χ0) is 17.2. The first-order valence-electron chi connectivity index (χ1n) is 8.76. The summed E-state index contributed by atoms with van der Waals surface area (Å²) in [4.78, 5) is 4.59. The fourth-order valence-corrected chi connectivity index (χ4v) is 4.11. The average Bonchev–Trinajstić information content (AvgIpc) is 2.57. The van der Waals surface area contributed by atoms with Crippen LogP contribution in [0.3, 0.4) is 0 Å². The van der Waals surface area contributed by atoms with Crippen LogP contribution in [-0.2, 0) is 6.54 Å². The van der Waals surface area contributed by atoms with Gasteiger partial charge in [-0.3, -0.25) is 4.90 Å². The summed E-state index contributed by atoms with van der Waals surface area (Å²) >= 11 is 3.55. The molecule has 0 spiro atoms. The van der Waals surface area contributed by atoms with Crippen molar-refractivity contribution in [1.29, 1.82) is 0 Å². The van der Waals surface area contributed by atoms with Gasteiger partial charge in [0, 0.05) is 29.8 Å². The first kappa shape index (κ1) is 18.1. The number of piperidine rings is 2. The van der Waals surface area contributed by atoms with Gasteiger partial charge in [-0.1, -0.05) is 22.0 Å². The highest BCUT2D eigenvalue weighted by molar-refractivity contribution is 9.10. The molecule has 0 atom stereocenters. The van der Waals surface area contributed by atoms with Gasteiger partial charge in [-0.2, -0.15) is 13.2 Å². The molecule has 2 aliphatic rings. The van der Waals surface area contributed by atoms with Crippen LogP contribution in [0.1, 0.15) is 37.7 Å². The molecule has 24 heavy (non-hydrogen) atoms. The van der Waals surface area contributed by atoms with Crippen molar-refractivity contribution in [1.82, 2.24) is 4.90 Å². The second-order valence-electron chi connectivity index (χ2n) is 6.91. The summed E-state index contributed by atoms with van der Waals surface area (Å²) in [5.41, 5.74) is 2.47. The summed E-state index contributed by atoms with van der Waals surface area (Å²) in [6.07, 6.45) is 0.109. The van der Waals surface area contributed by atoms with Crippen molar-refractivity contribution in [2.75, 3.05) is 31.1 Å². The zero-order valence-electron chi connectivity index (χ0n) is 13.8. The van der Waals surface area contributed by atoms with E-state index in [1.165, 1.54) is 30.5 Å². The molecule has 2 aliphatic heterocycles. The predicted molar refractivity (Wildman–Crippen MR) is 94.3 cm³/mol. The van der Waals surface area contributed by atoms with Crippen LogP contribution >= 0.6 is 15.9 Å². The van der Waals surface area contributed by atoms with Crippen LogP contribution in [0.2, 0.25) is 0 Å². The minimum atomic E-state index is -4.04. The number of hydrogen-bond donors (Lipinski definition) is 0. The fraction of sp³-hybridized carbons (Fsp3) is 0.667. The van der Waals surface area contributed by atoms with E-state index in [1.54, 1.807) is 0 Å². The molecule has 0 radical (unpaired) electrons. The minimum Gasteiger partial charge on any atom is -0.371 e. The van der Waals surface area contributed by atoms with Crippen LogP contribution in [0, 0.1) is 5.92 Å². The Kier molecular flexibility index (Phi) is 5.75. The van der Waals surface area contributed by atoms with Crippen molar-refractivity contribution in [3.05, 3.63) is 28.2 Å². The molecule has 0 aromatic heterocycles. The maximum atomic E-state index is 12.8. The van der Waals surface area contributed by atoms with Gasteiger partial charge >= 0.3 is 6.18 Å². The van der Waals surface area contributed by atoms with Crippen molar-refractivity contribution in [2.45, 2.75) is 44.8 Å². The van der Waals surface area contributed by atoms with Crippen molar-refractivity contribution in [3.8, 4) is 0 Å². The summed E-state index contributed by atoms with van der Waals surface area (Å²) < 4.78 is 39.5. The topological polar surface area (TPSA) is 6.48 Å². The Balaban J connectivity index is 1.67. The van der Waals surface area contributed by atoms with E-state index < -0.39 is 12.1 Å². The standard InChI is InChI=1S/C18H24BrF3N2/c19-16-5-4-14(17(12-16)24-8-2-1-3-9-24)13-23-10-6-15(7-11-23)18(20,21)22/h4-5,12,15H,1-3,6-11,13H2. The average molecular weight is 405 g/mol. The molecule has 0 saturated carbocycles. The number of anilines is 1. The molecule has 0 aliphatic carbocycles. The lowest BCUT2D eigenvalue weighted by atomic mass is 9.96. The van der Waals surface area contributed by atoms with Crippen LogP contribution in [-0.4, -0.2) is 37.3 Å². The molecule has 0 amide bonds. The largest absolute Gasteiger partial charge is 0.391 e. The van der Waals surface area contributed by atoms with Crippen molar-refractivity contribution < 1.29 is 13.2 Å². The molecule has 0 bridgehead atoms. The van der Waals surface area contributed by atoms with E-state index in [4.69, 9.17) is 0 Å². The summed E-state index contributed by atoms with van der Waals surface area (Å²) in [5.74, 6) is -1.12. The number of nitrogens with zero attached hydrogens (tertiary/aromatic N) is 2. The van der Waals surface area contributed by atoms with Crippen LogP contribution < -0.4 is 4.90 Å². The Morgan fingerprint density at radius 3 is 2.29 bits per heavy atom. The number of benzene rings is 1. The van der Waals surface area contributed by atoms with E-state index >= 15 is 0 Å². The van der Waals surface area contributed by atoms with E-state index in [0.717, 1.165) is 24.1 Å². The molecule has 0 unspecified atom stereocenters. The highest BCUT2D eigenvalue weighted by Crippen LogP contribution is 2.35. The molecule has 2 fully saturated rings. The molecular formula is C18H24BrF3N2. The zero-order valence-corrected chi connectivity index (χ0v) is 15.4. The van der Waals surface area contributed by atoms with E-state index in [1.807, 2.05) is 6.07 Å². The van der Waals surface area contributed by atoms with E-state index in [2.05, 4.69) is 37.9 Å². The van der Waals surface area contributed by atoms with Crippen LogP contribution in [0.4, 0.5) is 18.9 Å². The molecule has 0 N–H and O–H groups in total. The fourth-order valence-electron chi connectivity index (χ4n) is 3.76. The number of halogens is 4. The van der Waals surface area contributed by atoms with Gasteiger partial charge in [0.05, 0.1) is 5.92 Å². The van der Waals surface area contributed by atoms with Crippen molar-refractivity contribution >= 4 is 21.6 Å². The first-order chi connectivity index (χ1) is 11.4. The molecule has 1 aromatic carbocycles. The summed E-state index contributed by atoms with van der Waals surface area (Å²) in [6.45, 7) is 3.93. The number of likely N-dealkylation sites (tertiary alicyclic amines) is 1. The maximum absolute atomic E-state index is 12.8. The molecule has 3 rings (SSSR count). The Bertz CT molecular complexity index is 548. The second kappa shape index (κ2) is 7.65. The Morgan fingerprint density at radius 1 is 1.00 bits per heavy atom. The molecule has 2 nitrogen and oxygen atoms in total. The smallest absolute Gasteiger partial charge is 0.371 e. The third kappa shape index (κ3) is 4.45. The van der Waals surface area contributed by atoms with Crippen molar-refractivity contribution in [2.24, 2.45) is 5.92 Å². The van der Waals surface area contributed by atoms with Gasteiger partial charge in [-0.15, -0.1) is 0 Å². The summed E-state index contributed by atoms with van der Waals surface area (Å²) in [6, 6.07) is 6.30.